The van der Waals surface area contributed by atoms with Crippen LogP contribution >= 0.6 is 23.2 Å². The SMILES string of the molecule is CCN(CC(=O)Nc1cc(-c2ccccc2)nn1-c1ccc(Cl)c(Cl)c1)C(=O)Nc1cc(OC)cc(OC)c1. The fourth-order valence-corrected chi connectivity index (χ4v) is 4.09. The number of nitrogens with one attached hydrogen (secondary N) is 2. The Labute approximate surface area is 236 Å². The number of ether oxygens (including phenoxy) is 2. The minimum atomic E-state index is -0.453. The number of carbonyl (C=O) groups excluding carboxylic acids is 2. The summed E-state index contributed by atoms with van der Waals surface area (Å²) in [5, 5.41) is 11.1. The van der Waals surface area contributed by atoms with E-state index in [9.17, 15) is 9.59 Å². The third-order valence-corrected chi connectivity index (χ3v) is 6.54. The second-order valence-corrected chi connectivity index (χ2v) is 9.20. The predicted octanol–water partition coefficient (Wildman–Crippen LogP) is 6.36. The largest absolute Gasteiger partial charge is 0.497 e. The fraction of sp³-hybridized carbons (Fsp3) is 0.179. The minimum absolute atomic E-state index is 0.198. The molecule has 0 aliphatic carbocycles. The van der Waals surface area contributed by atoms with E-state index >= 15 is 0 Å². The molecule has 0 unspecified atom stereocenters. The van der Waals surface area contributed by atoms with Crippen LogP contribution in [-0.2, 0) is 4.79 Å². The Morgan fingerprint density at radius 3 is 2.21 bits per heavy atom. The summed E-state index contributed by atoms with van der Waals surface area (Å²) in [6.45, 7) is 1.88. The van der Waals surface area contributed by atoms with Crippen LogP contribution in [0.15, 0.2) is 72.8 Å². The van der Waals surface area contributed by atoms with E-state index in [2.05, 4.69) is 15.7 Å². The maximum Gasteiger partial charge on any atom is 0.322 e. The monoisotopic (exact) mass is 567 g/mol. The van der Waals surface area contributed by atoms with Crippen molar-refractivity contribution in [2.75, 3.05) is 37.9 Å². The number of anilines is 2. The van der Waals surface area contributed by atoms with Gasteiger partial charge in [0, 0.05) is 42.1 Å². The van der Waals surface area contributed by atoms with E-state index in [1.54, 1.807) is 54.1 Å². The molecule has 4 rings (SSSR count). The highest BCUT2D eigenvalue weighted by Crippen LogP contribution is 2.29. The summed E-state index contributed by atoms with van der Waals surface area (Å²) < 4.78 is 12.1. The molecule has 11 heteroatoms. The van der Waals surface area contributed by atoms with Crippen molar-refractivity contribution in [2.24, 2.45) is 0 Å². The van der Waals surface area contributed by atoms with Gasteiger partial charge in [-0.3, -0.25) is 4.79 Å². The van der Waals surface area contributed by atoms with Crippen molar-refractivity contribution in [1.29, 1.82) is 0 Å². The average Bonchev–Trinajstić information content (AvgIpc) is 3.36. The summed E-state index contributed by atoms with van der Waals surface area (Å²) in [6.07, 6.45) is 0. The number of hydrogen-bond donors (Lipinski definition) is 2. The quantitative estimate of drug-likeness (QED) is 0.245. The second-order valence-electron chi connectivity index (χ2n) is 8.38. The zero-order chi connectivity index (χ0) is 27.9. The van der Waals surface area contributed by atoms with Gasteiger partial charge >= 0.3 is 6.03 Å². The highest BCUT2D eigenvalue weighted by atomic mass is 35.5. The number of urea groups is 1. The lowest BCUT2D eigenvalue weighted by Gasteiger charge is -2.21. The van der Waals surface area contributed by atoms with Crippen LogP contribution in [0.2, 0.25) is 10.0 Å². The van der Waals surface area contributed by atoms with Crippen LogP contribution in [-0.4, -0.2) is 53.9 Å². The number of methoxy groups -OCH3 is 2. The number of carbonyl (C=O) groups is 2. The Balaban J connectivity index is 1.55. The van der Waals surface area contributed by atoms with E-state index in [0.29, 0.717) is 51.0 Å². The summed E-state index contributed by atoms with van der Waals surface area (Å²) >= 11 is 12.3. The van der Waals surface area contributed by atoms with Crippen LogP contribution in [0.25, 0.3) is 16.9 Å². The molecule has 0 atom stereocenters. The molecule has 0 spiro atoms. The van der Waals surface area contributed by atoms with Crippen molar-refractivity contribution >= 4 is 46.6 Å². The van der Waals surface area contributed by atoms with Crippen LogP contribution in [0.1, 0.15) is 6.92 Å². The van der Waals surface area contributed by atoms with Crippen LogP contribution < -0.4 is 20.1 Å². The molecule has 3 amide bonds. The van der Waals surface area contributed by atoms with Gasteiger partial charge in [0.2, 0.25) is 5.91 Å². The first kappa shape index (κ1) is 27.8. The van der Waals surface area contributed by atoms with Crippen molar-refractivity contribution in [1.82, 2.24) is 14.7 Å². The van der Waals surface area contributed by atoms with Crippen molar-refractivity contribution in [3.8, 4) is 28.4 Å². The molecule has 4 aromatic rings. The third-order valence-electron chi connectivity index (χ3n) is 5.80. The zero-order valence-corrected chi connectivity index (χ0v) is 23.1. The molecule has 0 fully saturated rings. The number of hydrogen-bond acceptors (Lipinski definition) is 5. The lowest BCUT2D eigenvalue weighted by molar-refractivity contribution is -0.116. The summed E-state index contributed by atoms with van der Waals surface area (Å²) in [7, 11) is 3.05. The van der Waals surface area contributed by atoms with E-state index < -0.39 is 11.9 Å². The van der Waals surface area contributed by atoms with Gasteiger partial charge in [0.1, 0.15) is 23.9 Å². The molecule has 1 heterocycles. The predicted molar refractivity (Wildman–Crippen MR) is 153 cm³/mol. The lowest BCUT2D eigenvalue weighted by Crippen LogP contribution is -2.40. The van der Waals surface area contributed by atoms with Gasteiger partial charge in [0.25, 0.3) is 0 Å². The molecule has 1 aromatic heterocycles. The molecule has 2 N–H and O–H groups in total. The number of nitrogens with zero attached hydrogens (tertiary/aromatic N) is 3. The topological polar surface area (TPSA) is 97.7 Å². The van der Waals surface area contributed by atoms with Gasteiger partial charge in [-0.1, -0.05) is 53.5 Å². The van der Waals surface area contributed by atoms with Crippen molar-refractivity contribution in [3.05, 3.63) is 82.8 Å². The molecule has 0 aliphatic rings. The lowest BCUT2D eigenvalue weighted by atomic mass is 10.1. The molecule has 202 valence electrons. The van der Waals surface area contributed by atoms with Gasteiger partial charge < -0.3 is 25.0 Å². The minimum Gasteiger partial charge on any atom is -0.497 e. The van der Waals surface area contributed by atoms with Crippen molar-refractivity contribution < 1.29 is 19.1 Å². The molecule has 39 heavy (non-hydrogen) atoms. The first-order valence-electron chi connectivity index (χ1n) is 12.0. The van der Waals surface area contributed by atoms with Crippen molar-refractivity contribution in [3.63, 3.8) is 0 Å². The van der Waals surface area contributed by atoms with Crippen LogP contribution in [0.5, 0.6) is 11.5 Å². The first-order chi connectivity index (χ1) is 18.8. The summed E-state index contributed by atoms with van der Waals surface area (Å²) in [6, 6.07) is 21.0. The van der Waals surface area contributed by atoms with Crippen molar-refractivity contribution in [2.45, 2.75) is 6.92 Å². The van der Waals surface area contributed by atoms with Crippen LogP contribution in [0, 0.1) is 0 Å². The van der Waals surface area contributed by atoms with Gasteiger partial charge in [-0.25, -0.2) is 9.48 Å². The molecule has 0 radical (unpaired) electrons. The van der Waals surface area contributed by atoms with E-state index in [-0.39, 0.29) is 6.54 Å². The molecule has 0 aliphatic heterocycles. The third kappa shape index (κ3) is 6.81. The summed E-state index contributed by atoms with van der Waals surface area (Å²) in [4.78, 5) is 27.5. The van der Waals surface area contributed by atoms with E-state index in [4.69, 9.17) is 32.7 Å². The highest BCUT2D eigenvalue weighted by Gasteiger charge is 2.19. The summed E-state index contributed by atoms with van der Waals surface area (Å²) in [5.74, 6) is 1.05. The standard InChI is InChI=1S/C28H27Cl2N5O4/c1-4-34(28(37)31-19-12-21(38-2)15-22(13-19)39-3)17-27(36)32-26-16-25(18-8-6-5-7-9-18)33-35(26)20-10-11-23(29)24(30)14-20/h5-16H,4,17H2,1-3H3,(H,31,37)(H,32,36). The molecule has 9 nitrogen and oxygen atoms in total. The van der Waals surface area contributed by atoms with E-state index in [1.807, 2.05) is 30.3 Å². The molecule has 0 saturated carbocycles. The number of benzene rings is 3. The van der Waals surface area contributed by atoms with E-state index in [0.717, 1.165) is 5.56 Å². The Morgan fingerprint density at radius 2 is 1.59 bits per heavy atom. The molecule has 3 aromatic carbocycles. The number of aromatic nitrogens is 2. The van der Waals surface area contributed by atoms with Gasteiger partial charge in [0.15, 0.2) is 0 Å². The average molecular weight is 568 g/mol. The first-order valence-corrected chi connectivity index (χ1v) is 12.8. The van der Waals surface area contributed by atoms with Gasteiger partial charge in [-0.05, 0) is 25.1 Å². The van der Waals surface area contributed by atoms with Crippen LogP contribution in [0.3, 0.4) is 0 Å². The molecular formula is C28H27Cl2N5O4. The Morgan fingerprint density at radius 1 is 0.897 bits per heavy atom. The Hall–Kier alpha value is -4.21. The number of rotatable bonds is 9. The maximum absolute atomic E-state index is 13.1. The normalized spacial score (nSPS) is 10.6. The van der Waals surface area contributed by atoms with Gasteiger partial charge in [-0.15, -0.1) is 0 Å². The van der Waals surface area contributed by atoms with Gasteiger partial charge in [-0.2, -0.15) is 5.10 Å². The summed E-state index contributed by atoms with van der Waals surface area (Å²) in [5.41, 5.74) is 2.60. The molecule has 0 saturated heterocycles. The Kier molecular flexibility index (Phi) is 8.96. The fourth-order valence-electron chi connectivity index (χ4n) is 3.80. The number of halogens is 2. The van der Waals surface area contributed by atoms with Crippen LogP contribution in [0.4, 0.5) is 16.3 Å². The maximum atomic E-state index is 13.1. The highest BCUT2D eigenvalue weighted by molar-refractivity contribution is 6.42. The molecule has 0 bridgehead atoms. The van der Waals surface area contributed by atoms with Gasteiger partial charge in [0.05, 0.1) is 35.6 Å². The zero-order valence-electron chi connectivity index (χ0n) is 21.6. The smallest absolute Gasteiger partial charge is 0.322 e. The Bertz CT molecular complexity index is 1450. The molecular weight excluding hydrogens is 541 g/mol. The second kappa shape index (κ2) is 12.6. The van der Waals surface area contributed by atoms with E-state index in [1.165, 1.54) is 19.1 Å². The number of amides is 3. The number of likely N-dealkylation sites (N-methyl/N-ethyl adjacent to an activating group) is 1.